The summed E-state index contributed by atoms with van der Waals surface area (Å²) in [6, 6.07) is 9.79. The third-order valence-corrected chi connectivity index (χ3v) is 3.27. The van der Waals surface area contributed by atoms with E-state index in [2.05, 4.69) is 18.8 Å². The van der Waals surface area contributed by atoms with Crippen LogP contribution < -0.4 is 0 Å². The van der Waals surface area contributed by atoms with Crippen molar-refractivity contribution in [2.24, 2.45) is 0 Å². The number of aryl methyl sites for hydroxylation is 2. The van der Waals surface area contributed by atoms with Gasteiger partial charge in [-0.3, -0.25) is 9.78 Å². The van der Waals surface area contributed by atoms with Gasteiger partial charge >= 0.3 is 0 Å². The number of carbonyl (C=O) groups excluding carboxylic acids is 1. The van der Waals surface area contributed by atoms with Crippen molar-refractivity contribution in [1.29, 1.82) is 0 Å². The standard InChI is InChI=1S/C17H19NO/c1-11(2)14-5-7-15(8-6-14)17(19)16-13(4)9-12(3)10-18-16/h5-11H,1-4H3. The van der Waals surface area contributed by atoms with Crippen LogP contribution in [0.15, 0.2) is 36.5 Å². The Bertz CT molecular complexity index is 597. The lowest BCUT2D eigenvalue weighted by molar-refractivity contribution is 0.103. The number of benzene rings is 1. The summed E-state index contributed by atoms with van der Waals surface area (Å²) in [4.78, 5) is 16.7. The van der Waals surface area contributed by atoms with Gasteiger partial charge in [-0.05, 0) is 36.5 Å². The second-order valence-corrected chi connectivity index (χ2v) is 5.28. The van der Waals surface area contributed by atoms with Gasteiger partial charge in [0.05, 0.1) is 0 Å². The van der Waals surface area contributed by atoms with Crippen LogP contribution in [-0.2, 0) is 0 Å². The monoisotopic (exact) mass is 253 g/mol. The van der Waals surface area contributed by atoms with Crippen LogP contribution in [0, 0.1) is 13.8 Å². The first-order chi connectivity index (χ1) is 8.99. The minimum Gasteiger partial charge on any atom is -0.287 e. The number of carbonyl (C=O) groups is 1. The Hall–Kier alpha value is -1.96. The molecule has 2 heteroatoms. The van der Waals surface area contributed by atoms with Crippen molar-refractivity contribution in [3.63, 3.8) is 0 Å². The third kappa shape index (κ3) is 2.90. The van der Waals surface area contributed by atoms with Crippen molar-refractivity contribution in [2.75, 3.05) is 0 Å². The first-order valence-corrected chi connectivity index (χ1v) is 6.57. The topological polar surface area (TPSA) is 30.0 Å². The predicted octanol–water partition coefficient (Wildman–Crippen LogP) is 4.05. The minimum atomic E-state index is -0.00666. The fraction of sp³-hybridized carbons (Fsp3) is 0.294. The fourth-order valence-electron chi connectivity index (χ4n) is 2.11. The summed E-state index contributed by atoms with van der Waals surface area (Å²) in [5.74, 6) is 0.469. The number of hydrogen-bond acceptors (Lipinski definition) is 2. The molecule has 0 unspecified atom stereocenters. The highest BCUT2D eigenvalue weighted by molar-refractivity contribution is 6.08. The molecule has 0 spiro atoms. The fourth-order valence-corrected chi connectivity index (χ4v) is 2.11. The van der Waals surface area contributed by atoms with Crippen LogP contribution in [0.25, 0.3) is 0 Å². The van der Waals surface area contributed by atoms with Crippen LogP contribution in [0.3, 0.4) is 0 Å². The highest BCUT2D eigenvalue weighted by Crippen LogP contribution is 2.17. The molecule has 98 valence electrons. The van der Waals surface area contributed by atoms with E-state index in [1.807, 2.05) is 44.2 Å². The summed E-state index contributed by atoms with van der Waals surface area (Å²) in [7, 11) is 0. The van der Waals surface area contributed by atoms with Crippen molar-refractivity contribution < 1.29 is 4.79 Å². The van der Waals surface area contributed by atoms with E-state index in [1.165, 1.54) is 5.56 Å². The van der Waals surface area contributed by atoms with E-state index >= 15 is 0 Å². The number of ketones is 1. The number of pyridine rings is 1. The molecule has 1 aromatic carbocycles. The molecule has 0 aliphatic rings. The highest BCUT2D eigenvalue weighted by Gasteiger charge is 2.13. The molecule has 0 aliphatic carbocycles. The van der Waals surface area contributed by atoms with Crippen LogP contribution in [0.4, 0.5) is 0 Å². The van der Waals surface area contributed by atoms with E-state index < -0.39 is 0 Å². The van der Waals surface area contributed by atoms with E-state index in [1.54, 1.807) is 6.20 Å². The summed E-state index contributed by atoms with van der Waals surface area (Å²) in [5, 5.41) is 0. The number of rotatable bonds is 3. The van der Waals surface area contributed by atoms with E-state index in [4.69, 9.17) is 0 Å². The Balaban J connectivity index is 2.33. The van der Waals surface area contributed by atoms with E-state index in [0.717, 1.165) is 11.1 Å². The maximum Gasteiger partial charge on any atom is 0.211 e. The van der Waals surface area contributed by atoms with Crippen LogP contribution in [0.1, 0.15) is 52.5 Å². The Morgan fingerprint density at radius 1 is 1.11 bits per heavy atom. The molecule has 2 nitrogen and oxygen atoms in total. The molecule has 0 aliphatic heterocycles. The largest absolute Gasteiger partial charge is 0.287 e. The molecule has 0 amide bonds. The lowest BCUT2D eigenvalue weighted by Gasteiger charge is -2.08. The normalized spacial score (nSPS) is 10.8. The maximum atomic E-state index is 12.4. The van der Waals surface area contributed by atoms with Gasteiger partial charge in [0, 0.05) is 11.8 Å². The summed E-state index contributed by atoms with van der Waals surface area (Å²) in [6.07, 6.45) is 1.74. The summed E-state index contributed by atoms with van der Waals surface area (Å²) >= 11 is 0. The molecular weight excluding hydrogens is 234 g/mol. The van der Waals surface area contributed by atoms with Gasteiger partial charge in [0.2, 0.25) is 5.78 Å². The zero-order chi connectivity index (χ0) is 14.0. The molecule has 1 aromatic heterocycles. The van der Waals surface area contributed by atoms with Gasteiger partial charge in [-0.1, -0.05) is 44.2 Å². The molecule has 0 radical (unpaired) electrons. The van der Waals surface area contributed by atoms with Crippen molar-refractivity contribution >= 4 is 5.78 Å². The Morgan fingerprint density at radius 2 is 1.74 bits per heavy atom. The summed E-state index contributed by atoms with van der Waals surface area (Å²) in [6.45, 7) is 8.19. The molecule has 2 rings (SSSR count). The van der Waals surface area contributed by atoms with Crippen molar-refractivity contribution in [3.05, 3.63) is 64.5 Å². The molecule has 0 N–H and O–H groups in total. The molecule has 2 aromatic rings. The van der Waals surface area contributed by atoms with Crippen molar-refractivity contribution in [2.45, 2.75) is 33.6 Å². The zero-order valence-corrected chi connectivity index (χ0v) is 11.9. The number of nitrogens with zero attached hydrogens (tertiary/aromatic N) is 1. The highest BCUT2D eigenvalue weighted by atomic mass is 16.1. The third-order valence-electron chi connectivity index (χ3n) is 3.27. The maximum absolute atomic E-state index is 12.4. The van der Waals surface area contributed by atoms with Gasteiger partial charge in [-0.25, -0.2) is 0 Å². The SMILES string of the molecule is Cc1cnc(C(=O)c2ccc(C(C)C)cc2)c(C)c1. The van der Waals surface area contributed by atoms with Gasteiger partial charge in [0.15, 0.2) is 0 Å². The van der Waals surface area contributed by atoms with E-state index in [-0.39, 0.29) is 5.78 Å². The van der Waals surface area contributed by atoms with Gasteiger partial charge in [-0.2, -0.15) is 0 Å². The zero-order valence-electron chi connectivity index (χ0n) is 11.9. The first-order valence-electron chi connectivity index (χ1n) is 6.57. The summed E-state index contributed by atoms with van der Waals surface area (Å²) < 4.78 is 0. The molecular formula is C17H19NO. The smallest absolute Gasteiger partial charge is 0.211 e. The van der Waals surface area contributed by atoms with Gasteiger partial charge in [-0.15, -0.1) is 0 Å². The molecule has 0 bridgehead atoms. The Kier molecular flexibility index (Phi) is 3.79. The van der Waals surface area contributed by atoms with Crippen LogP contribution in [-0.4, -0.2) is 10.8 Å². The lowest BCUT2D eigenvalue weighted by Crippen LogP contribution is -2.07. The molecule has 0 saturated carbocycles. The number of hydrogen-bond donors (Lipinski definition) is 0. The van der Waals surface area contributed by atoms with Crippen LogP contribution in [0.2, 0.25) is 0 Å². The molecule has 1 heterocycles. The Morgan fingerprint density at radius 3 is 2.26 bits per heavy atom. The van der Waals surface area contributed by atoms with E-state index in [9.17, 15) is 4.79 Å². The van der Waals surface area contributed by atoms with Gasteiger partial charge in [0.25, 0.3) is 0 Å². The second-order valence-electron chi connectivity index (χ2n) is 5.28. The van der Waals surface area contributed by atoms with Crippen LogP contribution >= 0.6 is 0 Å². The van der Waals surface area contributed by atoms with Crippen LogP contribution in [0.5, 0.6) is 0 Å². The number of aromatic nitrogens is 1. The van der Waals surface area contributed by atoms with Crippen molar-refractivity contribution in [3.8, 4) is 0 Å². The predicted molar refractivity (Wildman–Crippen MR) is 77.7 cm³/mol. The second kappa shape index (κ2) is 5.35. The first kappa shape index (κ1) is 13.5. The average Bonchev–Trinajstić information content (AvgIpc) is 2.38. The average molecular weight is 253 g/mol. The van der Waals surface area contributed by atoms with Gasteiger partial charge < -0.3 is 0 Å². The van der Waals surface area contributed by atoms with Gasteiger partial charge in [0.1, 0.15) is 5.69 Å². The summed E-state index contributed by atoms with van der Waals surface area (Å²) in [5.41, 5.74) is 4.49. The molecule has 0 fully saturated rings. The van der Waals surface area contributed by atoms with E-state index in [0.29, 0.717) is 17.2 Å². The minimum absolute atomic E-state index is 0.00666. The lowest BCUT2D eigenvalue weighted by atomic mass is 9.98. The molecule has 0 saturated heterocycles. The molecule has 0 atom stereocenters. The molecule has 19 heavy (non-hydrogen) atoms. The van der Waals surface area contributed by atoms with Crippen molar-refractivity contribution in [1.82, 2.24) is 4.98 Å². The quantitative estimate of drug-likeness (QED) is 0.772. The Labute approximate surface area is 114 Å².